The Morgan fingerprint density at radius 2 is 2.14 bits per heavy atom. The SMILES string of the molecule is N.Nc1nc(=S)c2ccn([C@@H]3O[C@H](CO)[C@@H](O)[C@H]3O)c2[nH]1. The largest absolute Gasteiger partial charge is 0.394 e. The fourth-order valence-corrected chi connectivity index (χ4v) is 2.66. The van der Waals surface area contributed by atoms with Crippen molar-refractivity contribution < 1.29 is 20.1 Å². The van der Waals surface area contributed by atoms with Crippen LogP contribution in [0.5, 0.6) is 0 Å². The summed E-state index contributed by atoms with van der Waals surface area (Å²) in [6.45, 7) is -0.381. The molecule has 0 bridgehead atoms. The molecule has 1 fully saturated rings. The maximum absolute atomic E-state index is 10.0. The Bertz CT molecular complexity index is 701. The first-order valence-electron chi connectivity index (χ1n) is 6.01. The predicted octanol–water partition coefficient (Wildman–Crippen LogP) is -0.550. The van der Waals surface area contributed by atoms with E-state index in [-0.39, 0.29) is 18.7 Å². The van der Waals surface area contributed by atoms with E-state index in [1.54, 1.807) is 16.8 Å². The number of rotatable bonds is 2. The lowest BCUT2D eigenvalue weighted by Crippen LogP contribution is -2.33. The van der Waals surface area contributed by atoms with E-state index in [2.05, 4.69) is 9.97 Å². The molecule has 21 heavy (non-hydrogen) atoms. The Balaban J connectivity index is 0.00000161. The van der Waals surface area contributed by atoms with Crippen molar-refractivity contribution in [3.63, 3.8) is 0 Å². The zero-order valence-corrected chi connectivity index (χ0v) is 11.8. The molecule has 1 saturated heterocycles. The van der Waals surface area contributed by atoms with E-state index in [0.717, 1.165) is 0 Å². The minimum Gasteiger partial charge on any atom is -0.394 e. The molecule has 9 nitrogen and oxygen atoms in total. The van der Waals surface area contributed by atoms with Gasteiger partial charge in [0.15, 0.2) is 12.2 Å². The van der Waals surface area contributed by atoms with Crippen LogP contribution >= 0.6 is 12.2 Å². The number of fused-ring (bicyclic) bond motifs is 1. The number of H-pyrrole nitrogens is 1. The van der Waals surface area contributed by atoms with Crippen LogP contribution in [0.4, 0.5) is 5.95 Å². The third-order valence-corrected chi connectivity index (χ3v) is 3.72. The normalized spacial score (nSPS) is 28.7. The fourth-order valence-electron chi connectivity index (χ4n) is 2.39. The lowest BCUT2D eigenvalue weighted by atomic mass is 10.1. The van der Waals surface area contributed by atoms with Gasteiger partial charge in [-0.1, -0.05) is 12.2 Å². The van der Waals surface area contributed by atoms with Crippen molar-refractivity contribution in [1.29, 1.82) is 0 Å². The number of aromatic nitrogens is 3. The number of anilines is 1. The number of nitrogens with two attached hydrogens (primary N) is 1. The molecule has 9 N–H and O–H groups in total. The van der Waals surface area contributed by atoms with Crippen molar-refractivity contribution in [3.05, 3.63) is 16.9 Å². The highest BCUT2D eigenvalue weighted by Crippen LogP contribution is 2.32. The topological polar surface area (TPSA) is 165 Å². The molecular weight excluding hydrogens is 298 g/mol. The molecule has 0 amide bonds. The predicted molar refractivity (Wildman–Crippen MR) is 77.4 cm³/mol. The quantitative estimate of drug-likeness (QED) is 0.402. The van der Waals surface area contributed by atoms with E-state index >= 15 is 0 Å². The van der Waals surface area contributed by atoms with Crippen molar-refractivity contribution in [2.75, 3.05) is 12.3 Å². The van der Waals surface area contributed by atoms with Gasteiger partial charge in [0, 0.05) is 6.20 Å². The summed E-state index contributed by atoms with van der Waals surface area (Å²) in [5.74, 6) is 0.147. The first kappa shape index (κ1) is 15.8. The molecule has 0 saturated carbocycles. The van der Waals surface area contributed by atoms with E-state index in [9.17, 15) is 10.2 Å². The van der Waals surface area contributed by atoms with Gasteiger partial charge < -0.3 is 41.5 Å². The lowest BCUT2D eigenvalue weighted by Gasteiger charge is -2.17. The Hall–Kier alpha value is -1.56. The summed E-state index contributed by atoms with van der Waals surface area (Å²) >= 11 is 5.11. The summed E-state index contributed by atoms with van der Waals surface area (Å²) in [5, 5.41) is 29.6. The molecule has 116 valence electrons. The molecule has 1 aliphatic rings. The van der Waals surface area contributed by atoms with Gasteiger partial charge in [0.1, 0.15) is 28.6 Å². The highest BCUT2D eigenvalue weighted by atomic mass is 32.1. The number of aromatic amines is 1. The van der Waals surface area contributed by atoms with Gasteiger partial charge >= 0.3 is 0 Å². The third-order valence-electron chi connectivity index (χ3n) is 3.41. The van der Waals surface area contributed by atoms with Crippen LogP contribution in [0.3, 0.4) is 0 Å². The van der Waals surface area contributed by atoms with Gasteiger partial charge in [-0.15, -0.1) is 0 Å². The molecule has 0 radical (unpaired) electrons. The van der Waals surface area contributed by atoms with Gasteiger partial charge in [0.25, 0.3) is 0 Å². The summed E-state index contributed by atoms with van der Waals surface area (Å²) < 4.78 is 7.38. The standard InChI is InChI=1S/C11H14N4O4S.H3N/c12-11-13-8-4(9(20)14-11)1-2-15(8)10-7(18)6(17)5(3-16)19-10;/h1-2,5-7,10,16-18H,3H2,(H3,12,13,14,20);1H3/t5-,6-,7-,10-;/m1./s1. The molecule has 4 atom stereocenters. The number of nitrogens with zero attached hydrogens (tertiary/aromatic N) is 2. The van der Waals surface area contributed by atoms with Gasteiger partial charge in [-0.3, -0.25) is 0 Å². The summed E-state index contributed by atoms with van der Waals surface area (Å²) in [6.07, 6.45) is -2.36. The number of ether oxygens (including phenoxy) is 1. The van der Waals surface area contributed by atoms with Crippen LogP contribution in [0.2, 0.25) is 0 Å². The molecule has 2 aromatic heterocycles. The van der Waals surface area contributed by atoms with E-state index in [1.807, 2.05) is 0 Å². The number of nitrogens with one attached hydrogen (secondary N) is 1. The van der Waals surface area contributed by atoms with Crippen LogP contribution in [0, 0.1) is 4.64 Å². The van der Waals surface area contributed by atoms with Gasteiger partial charge in [-0.2, -0.15) is 0 Å². The fraction of sp³-hybridized carbons (Fsp3) is 0.455. The first-order valence-corrected chi connectivity index (χ1v) is 6.42. The van der Waals surface area contributed by atoms with Crippen molar-refractivity contribution in [1.82, 2.24) is 20.7 Å². The minimum atomic E-state index is -1.17. The van der Waals surface area contributed by atoms with E-state index in [1.165, 1.54) is 0 Å². The maximum Gasteiger partial charge on any atom is 0.200 e. The van der Waals surface area contributed by atoms with E-state index in [4.69, 9.17) is 27.8 Å². The number of hydrogen-bond acceptors (Lipinski definition) is 8. The molecule has 1 aliphatic heterocycles. The second-order valence-electron chi connectivity index (χ2n) is 4.64. The van der Waals surface area contributed by atoms with Crippen LogP contribution < -0.4 is 11.9 Å². The average molecular weight is 315 g/mol. The van der Waals surface area contributed by atoms with Crippen LogP contribution in [-0.2, 0) is 4.74 Å². The molecule has 0 aromatic carbocycles. The first-order chi connectivity index (χ1) is 9.52. The minimum absolute atomic E-state index is 0. The summed E-state index contributed by atoms with van der Waals surface area (Å²) in [5.41, 5.74) is 6.17. The number of hydrogen-bond donors (Lipinski definition) is 6. The molecule has 0 spiro atoms. The van der Waals surface area contributed by atoms with Gasteiger partial charge in [0.2, 0.25) is 0 Å². The summed E-state index contributed by atoms with van der Waals surface area (Å²) in [7, 11) is 0. The Kier molecular flexibility index (Phi) is 4.27. The summed E-state index contributed by atoms with van der Waals surface area (Å²) in [4.78, 5) is 6.79. The van der Waals surface area contributed by atoms with Crippen LogP contribution in [0.15, 0.2) is 12.3 Å². The van der Waals surface area contributed by atoms with E-state index < -0.39 is 24.5 Å². The molecule has 3 heterocycles. The molecular formula is C11H17N5O4S. The molecule has 0 unspecified atom stereocenters. The van der Waals surface area contributed by atoms with Crippen molar-refractivity contribution in [2.45, 2.75) is 24.5 Å². The van der Waals surface area contributed by atoms with Gasteiger partial charge in [0.05, 0.1) is 12.0 Å². The Labute approximate surface area is 124 Å². The number of aliphatic hydroxyl groups is 3. The highest BCUT2D eigenvalue weighted by molar-refractivity contribution is 7.71. The second-order valence-corrected chi connectivity index (χ2v) is 5.03. The highest BCUT2D eigenvalue weighted by Gasteiger charge is 2.43. The maximum atomic E-state index is 10.0. The zero-order valence-electron chi connectivity index (χ0n) is 11.0. The molecule has 10 heteroatoms. The number of nitrogen functional groups attached to an aromatic ring is 1. The lowest BCUT2D eigenvalue weighted by molar-refractivity contribution is -0.0508. The van der Waals surface area contributed by atoms with Crippen LogP contribution in [-0.4, -0.2) is 54.8 Å². The Morgan fingerprint density at radius 1 is 1.43 bits per heavy atom. The number of aliphatic hydroxyl groups excluding tert-OH is 3. The Morgan fingerprint density at radius 3 is 2.76 bits per heavy atom. The van der Waals surface area contributed by atoms with E-state index in [0.29, 0.717) is 15.7 Å². The van der Waals surface area contributed by atoms with Crippen molar-refractivity contribution >= 4 is 29.2 Å². The van der Waals surface area contributed by atoms with Crippen molar-refractivity contribution in [3.8, 4) is 0 Å². The second kappa shape index (κ2) is 5.67. The van der Waals surface area contributed by atoms with Crippen LogP contribution in [0.25, 0.3) is 11.0 Å². The molecule has 0 aliphatic carbocycles. The zero-order chi connectivity index (χ0) is 14.4. The monoisotopic (exact) mass is 315 g/mol. The van der Waals surface area contributed by atoms with Crippen LogP contribution in [0.1, 0.15) is 6.23 Å². The third kappa shape index (κ3) is 2.41. The molecule has 3 rings (SSSR count). The van der Waals surface area contributed by atoms with Gasteiger partial charge in [-0.25, -0.2) is 4.98 Å². The summed E-state index contributed by atoms with van der Waals surface area (Å²) in [6, 6.07) is 1.72. The van der Waals surface area contributed by atoms with Gasteiger partial charge in [-0.05, 0) is 6.07 Å². The molecule has 2 aromatic rings. The average Bonchev–Trinajstić information content (AvgIpc) is 2.93. The smallest absolute Gasteiger partial charge is 0.200 e. The van der Waals surface area contributed by atoms with Crippen molar-refractivity contribution in [2.24, 2.45) is 0 Å².